The Hall–Kier alpha value is -1.06. The first-order valence-electron chi connectivity index (χ1n) is 4.62. The fourth-order valence-electron chi connectivity index (χ4n) is 1.94. The van der Waals surface area contributed by atoms with Crippen LogP contribution in [-0.4, -0.2) is 24.1 Å². The molecule has 2 rings (SSSR count). The second-order valence-electron chi connectivity index (χ2n) is 3.53. The molecule has 3 unspecified atom stereocenters. The summed E-state index contributed by atoms with van der Waals surface area (Å²) < 4.78 is 10.1. The maximum Gasteiger partial charge on any atom is 0.313 e. The molecular formula is C9H12O4. The Bertz CT molecular complexity index is 248. The average Bonchev–Trinajstić information content (AvgIpc) is 2.55. The molecule has 0 aromatic carbocycles. The molecule has 0 aromatic rings. The fraction of sp³-hybridized carbons (Fsp3) is 0.778. The molecule has 0 spiro atoms. The largest absolute Gasteiger partial charge is 0.458 e. The highest BCUT2D eigenvalue weighted by Gasteiger charge is 2.51. The lowest BCUT2D eigenvalue weighted by atomic mass is 9.99. The number of esters is 2. The Balaban J connectivity index is 2.10. The van der Waals surface area contributed by atoms with E-state index < -0.39 is 0 Å². The molecule has 0 saturated carbocycles. The van der Waals surface area contributed by atoms with E-state index in [1.165, 1.54) is 0 Å². The van der Waals surface area contributed by atoms with Gasteiger partial charge in [0.15, 0.2) is 6.10 Å². The maximum atomic E-state index is 11.2. The number of carbonyl (C=O) groups excluding carboxylic acids is 2. The van der Waals surface area contributed by atoms with Crippen molar-refractivity contribution in [2.24, 2.45) is 5.92 Å². The van der Waals surface area contributed by atoms with Crippen molar-refractivity contribution >= 4 is 11.9 Å². The van der Waals surface area contributed by atoms with Gasteiger partial charge in [-0.25, -0.2) is 0 Å². The number of carbonyl (C=O) groups is 2. The standard InChI is InChI=1S/C9H12O4/c1-2-3-6-8-5(9(11)12-6)4-7(10)13-8/h5-6,8H,2-4H2,1H3. The van der Waals surface area contributed by atoms with Crippen LogP contribution in [0.1, 0.15) is 26.2 Å². The number of fused-ring (bicyclic) bond motifs is 1. The number of cyclic esters (lactones) is 1. The first-order chi connectivity index (χ1) is 6.22. The van der Waals surface area contributed by atoms with Gasteiger partial charge < -0.3 is 9.47 Å². The van der Waals surface area contributed by atoms with Gasteiger partial charge in [-0.3, -0.25) is 9.59 Å². The minimum Gasteiger partial charge on any atom is -0.458 e. The Kier molecular flexibility index (Phi) is 1.98. The monoisotopic (exact) mass is 184 g/mol. The van der Waals surface area contributed by atoms with E-state index in [9.17, 15) is 9.59 Å². The van der Waals surface area contributed by atoms with Crippen molar-refractivity contribution in [3.05, 3.63) is 0 Å². The molecule has 2 aliphatic heterocycles. The average molecular weight is 184 g/mol. The summed E-state index contributed by atoms with van der Waals surface area (Å²) in [7, 11) is 0. The molecule has 13 heavy (non-hydrogen) atoms. The third-order valence-electron chi connectivity index (χ3n) is 2.56. The van der Waals surface area contributed by atoms with Crippen LogP contribution in [0.2, 0.25) is 0 Å². The van der Waals surface area contributed by atoms with Crippen LogP contribution in [0.4, 0.5) is 0 Å². The zero-order valence-electron chi connectivity index (χ0n) is 7.49. The van der Waals surface area contributed by atoms with E-state index in [-0.39, 0.29) is 36.5 Å². The summed E-state index contributed by atoms with van der Waals surface area (Å²) in [6.07, 6.45) is 1.40. The van der Waals surface area contributed by atoms with Gasteiger partial charge >= 0.3 is 11.9 Å². The first kappa shape index (κ1) is 8.53. The van der Waals surface area contributed by atoms with Crippen molar-refractivity contribution in [1.82, 2.24) is 0 Å². The first-order valence-corrected chi connectivity index (χ1v) is 4.62. The molecule has 0 N–H and O–H groups in total. The van der Waals surface area contributed by atoms with E-state index >= 15 is 0 Å². The van der Waals surface area contributed by atoms with Crippen molar-refractivity contribution in [1.29, 1.82) is 0 Å². The van der Waals surface area contributed by atoms with E-state index in [4.69, 9.17) is 9.47 Å². The lowest BCUT2D eigenvalue weighted by Gasteiger charge is -2.13. The van der Waals surface area contributed by atoms with Crippen LogP contribution < -0.4 is 0 Å². The number of rotatable bonds is 2. The Morgan fingerprint density at radius 3 is 2.85 bits per heavy atom. The van der Waals surface area contributed by atoms with Gasteiger partial charge in [-0.1, -0.05) is 13.3 Å². The van der Waals surface area contributed by atoms with Gasteiger partial charge in [-0.15, -0.1) is 0 Å². The molecule has 0 amide bonds. The van der Waals surface area contributed by atoms with Crippen LogP contribution in [0.25, 0.3) is 0 Å². The van der Waals surface area contributed by atoms with Crippen molar-refractivity contribution in [2.45, 2.75) is 38.4 Å². The third-order valence-corrected chi connectivity index (χ3v) is 2.56. The second kappa shape index (κ2) is 3.01. The molecule has 4 heteroatoms. The van der Waals surface area contributed by atoms with Crippen molar-refractivity contribution in [2.75, 3.05) is 0 Å². The number of hydrogen-bond donors (Lipinski definition) is 0. The number of ether oxygens (including phenoxy) is 2. The summed E-state index contributed by atoms with van der Waals surface area (Å²) in [6.45, 7) is 2.01. The number of hydrogen-bond acceptors (Lipinski definition) is 4. The molecule has 2 aliphatic rings. The molecule has 2 saturated heterocycles. The molecule has 0 aliphatic carbocycles. The van der Waals surface area contributed by atoms with Gasteiger partial charge in [-0.2, -0.15) is 0 Å². The predicted octanol–water partition coefficient (Wildman–Crippen LogP) is 0.644. The lowest BCUT2D eigenvalue weighted by molar-refractivity contribution is -0.152. The normalized spacial score (nSPS) is 37.2. The summed E-state index contributed by atoms with van der Waals surface area (Å²) >= 11 is 0. The van der Waals surface area contributed by atoms with Crippen LogP contribution in [-0.2, 0) is 19.1 Å². The van der Waals surface area contributed by atoms with Crippen molar-refractivity contribution < 1.29 is 19.1 Å². The summed E-state index contributed by atoms with van der Waals surface area (Å²) in [5.41, 5.74) is 0. The SMILES string of the molecule is CCCC1OC(=O)C2CC(=O)OC12. The van der Waals surface area contributed by atoms with E-state index in [1.807, 2.05) is 6.92 Å². The van der Waals surface area contributed by atoms with E-state index in [0.717, 1.165) is 12.8 Å². The van der Waals surface area contributed by atoms with Gasteiger partial charge in [0, 0.05) is 0 Å². The molecule has 72 valence electrons. The molecule has 0 aromatic heterocycles. The molecule has 0 bridgehead atoms. The smallest absolute Gasteiger partial charge is 0.313 e. The molecule has 2 heterocycles. The zero-order valence-corrected chi connectivity index (χ0v) is 7.49. The van der Waals surface area contributed by atoms with E-state index in [2.05, 4.69) is 0 Å². The van der Waals surface area contributed by atoms with Crippen LogP contribution >= 0.6 is 0 Å². The highest BCUT2D eigenvalue weighted by Crippen LogP contribution is 2.35. The molecule has 2 fully saturated rings. The molecule has 3 atom stereocenters. The highest BCUT2D eigenvalue weighted by molar-refractivity contribution is 5.85. The Labute approximate surface area is 76.2 Å². The van der Waals surface area contributed by atoms with Crippen LogP contribution in [0.5, 0.6) is 0 Å². The quantitative estimate of drug-likeness (QED) is 0.591. The van der Waals surface area contributed by atoms with Crippen molar-refractivity contribution in [3.63, 3.8) is 0 Å². The topological polar surface area (TPSA) is 52.6 Å². The van der Waals surface area contributed by atoms with E-state index in [0.29, 0.717) is 0 Å². The predicted molar refractivity (Wildman–Crippen MR) is 42.8 cm³/mol. The Morgan fingerprint density at radius 1 is 1.38 bits per heavy atom. The fourth-order valence-corrected chi connectivity index (χ4v) is 1.94. The maximum absolute atomic E-state index is 11.2. The minimum atomic E-state index is -0.330. The molecule has 0 radical (unpaired) electrons. The van der Waals surface area contributed by atoms with Crippen LogP contribution in [0.3, 0.4) is 0 Å². The van der Waals surface area contributed by atoms with Crippen LogP contribution in [0, 0.1) is 5.92 Å². The summed E-state index contributed by atoms with van der Waals surface area (Å²) in [5.74, 6) is -0.869. The van der Waals surface area contributed by atoms with Crippen LogP contribution in [0.15, 0.2) is 0 Å². The minimum absolute atomic E-state index is 0.198. The molecule has 4 nitrogen and oxygen atoms in total. The zero-order chi connectivity index (χ0) is 9.42. The van der Waals surface area contributed by atoms with Gasteiger partial charge in [0.25, 0.3) is 0 Å². The van der Waals surface area contributed by atoms with Gasteiger partial charge in [-0.05, 0) is 6.42 Å². The molecular weight excluding hydrogens is 172 g/mol. The van der Waals surface area contributed by atoms with Gasteiger partial charge in [0.1, 0.15) is 12.0 Å². The van der Waals surface area contributed by atoms with Gasteiger partial charge in [0.2, 0.25) is 0 Å². The summed E-state index contributed by atoms with van der Waals surface area (Å²) in [4.78, 5) is 22.2. The van der Waals surface area contributed by atoms with E-state index in [1.54, 1.807) is 0 Å². The third kappa shape index (κ3) is 1.30. The van der Waals surface area contributed by atoms with Crippen molar-refractivity contribution in [3.8, 4) is 0 Å². The lowest BCUT2D eigenvalue weighted by Crippen LogP contribution is -2.24. The highest BCUT2D eigenvalue weighted by atomic mass is 16.6. The summed E-state index contributed by atoms with van der Waals surface area (Å²) in [5, 5.41) is 0. The van der Waals surface area contributed by atoms with Gasteiger partial charge in [0.05, 0.1) is 6.42 Å². The summed E-state index contributed by atoms with van der Waals surface area (Å²) in [6, 6.07) is 0. The Morgan fingerprint density at radius 2 is 2.15 bits per heavy atom. The second-order valence-corrected chi connectivity index (χ2v) is 3.53.